The van der Waals surface area contributed by atoms with Crippen LogP contribution >= 0.6 is 0 Å². The maximum atomic E-state index is 14.2. The molecule has 6 heterocycles. The van der Waals surface area contributed by atoms with E-state index in [1.165, 1.54) is 0 Å². The molecule has 2 fully saturated rings. The fourth-order valence-corrected chi connectivity index (χ4v) is 7.37. The van der Waals surface area contributed by atoms with Crippen LogP contribution in [0.1, 0.15) is 31.7 Å². The molecule has 10 heteroatoms. The van der Waals surface area contributed by atoms with E-state index in [-0.39, 0.29) is 17.4 Å². The fourth-order valence-electron chi connectivity index (χ4n) is 7.37. The molecule has 7 rings (SSSR count). The Hall–Kier alpha value is -4.49. The van der Waals surface area contributed by atoms with Gasteiger partial charge in [-0.15, -0.1) is 0 Å². The van der Waals surface area contributed by atoms with E-state index in [2.05, 4.69) is 33.2 Å². The number of anilines is 1. The number of hydrogen-bond donors (Lipinski definition) is 1. The number of aromatic amines is 1. The normalized spacial score (nSPS) is 19.4. The lowest BCUT2D eigenvalue weighted by Gasteiger charge is -2.57. The first-order chi connectivity index (χ1) is 19.8. The minimum Gasteiger partial charge on any atom is -0.339 e. The number of H-pyrrole nitrogens is 1. The highest BCUT2D eigenvalue weighted by Crippen LogP contribution is 2.54. The van der Waals surface area contributed by atoms with Gasteiger partial charge in [0.2, 0.25) is 11.8 Å². The van der Waals surface area contributed by atoms with Gasteiger partial charge in [-0.3, -0.25) is 19.2 Å². The number of carbonyl (C=O) groups excluding carboxylic acids is 2. The van der Waals surface area contributed by atoms with Gasteiger partial charge in [0.05, 0.1) is 47.2 Å². The Labute approximate surface area is 238 Å². The first kappa shape index (κ1) is 25.5. The Morgan fingerprint density at radius 1 is 1.10 bits per heavy atom. The summed E-state index contributed by atoms with van der Waals surface area (Å²) >= 11 is 0. The van der Waals surface area contributed by atoms with Crippen molar-refractivity contribution in [2.75, 3.05) is 38.1 Å². The molecule has 2 amide bonds. The molecule has 2 saturated heterocycles. The second-order valence-electron chi connectivity index (χ2n) is 11.8. The summed E-state index contributed by atoms with van der Waals surface area (Å²) in [6.45, 7) is 4.05. The molecule has 3 aliphatic heterocycles. The molecule has 208 valence electrons. The first-order valence-corrected chi connectivity index (χ1v) is 14.0. The summed E-state index contributed by atoms with van der Waals surface area (Å²) in [5, 5.41) is 15.0. The Morgan fingerprint density at radius 2 is 1.83 bits per heavy atom. The number of aromatic nitrogens is 4. The van der Waals surface area contributed by atoms with E-state index in [0.29, 0.717) is 45.4 Å². The third kappa shape index (κ3) is 3.58. The Morgan fingerprint density at radius 3 is 2.46 bits per heavy atom. The molecule has 3 aromatic heterocycles. The van der Waals surface area contributed by atoms with Crippen molar-refractivity contribution in [3.63, 3.8) is 0 Å². The number of nitrogens with zero attached hydrogens (tertiary/aromatic N) is 7. The highest BCUT2D eigenvalue weighted by atomic mass is 16.2. The number of pyridine rings is 1. The molecule has 3 aliphatic rings. The van der Waals surface area contributed by atoms with E-state index < -0.39 is 5.41 Å². The van der Waals surface area contributed by atoms with Gasteiger partial charge in [0.15, 0.2) is 0 Å². The summed E-state index contributed by atoms with van der Waals surface area (Å²) < 4.78 is 1.78. The highest BCUT2D eigenvalue weighted by molar-refractivity contribution is 6.16. The van der Waals surface area contributed by atoms with Crippen molar-refractivity contribution in [3.8, 4) is 28.5 Å². The summed E-state index contributed by atoms with van der Waals surface area (Å²) in [7, 11) is 3.75. The van der Waals surface area contributed by atoms with Crippen molar-refractivity contribution >= 4 is 28.5 Å². The molecule has 0 aliphatic carbocycles. The second-order valence-corrected chi connectivity index (χ2v) is 11.8. The van der Waals surface area contributed by atoms with Gasteiger partial charge in [-0.1, -0.05) is 30.3 Å². The smallest absolute Gasteiger partial charge is 0.237 e. The van der Waals surface area contributed by atoms with Gasteiger partial charge < -0.3 is 14.8 Å². The van der Waals surface area contributed by atoms with E-state index in [1.54, 1.807) is 21.4 Å². The minimum absolute atomic E-state index is 0.0359. The number of likely N-dealkylation sites (tertiary alicyclic amines) is 2. The maximum absolute atomic E-state index is 14.2. The van der Waals surface area contributed by atoms with E-state index in [9.17, 15) is 14.9 Å². The molecule has 0 radical (unpaired) electrons. The molecule has 0 saturated carbocycles. The zero-order valence-corrected chi connectivity index (χ0v) is 23.5. The number of aryl methyl sites for hydroxylation is 1. The van der Waals surface area contributed by atoms with Crippen molar-refractivity contribution in [2.45, 2.75) is 37.1 Å². The summed E-state index contributed by atoms with van der Waals surface area (Å²) in [6.07, 6.45) is 7.30. The first-order valence-electron chi connectivity index (χ1n) is 14.0. The number of piperidine rings is 1. The Balaban J connectivity index is 1.36. The van der Waals surface area contributed by atoms with Gasteiger partial charge in [0, 0.05) is 75.5 Å². The minimum atomic E-state index is -0.697. The quantitative estimate of drug-likeness (QED) is 0.418. The molecule has 10 nitrogen and oxygen atoms in total. The van der Waals surface area contributed by atoms with Gasteiger partial charge in [-0.2, -0.15) is 10.4 Å². The van der Waals surface area contributed by atoms with E-state index in [0.717, 1.165) is 44.7 Å². The lowest BCUT2D eigenvalue weighted by Crippen LogP contribution is -2.72. The number of amides is 2. The number of rotatable bonds is 4. The molecule has 0 atom stereocenters. The summed E-state index contributed by atoms with van der Waals surface area (Å²) in [5.41, 5.74) is 5.56. The van der Waals surface area contributed by atoms with Gasteiger partial charge in [-0.05, 0) is 18.4 Å². The third-order valence-corrected chi connectivity index (χ3v) is 9.52. The van der Waals surface area contributed by atoms with Crippen LogP contribution in [-0.2, 0) is 22.1 Å². The number of fused-ring (bicyclic) bond motifs is 4. The molecule has 4 aromatic rings. The zero-order chi connectivity index (χ0) is 28.5. The van der Waals surface area contributed by atoms with Crippen molar-refractivity contribution < 1.29 is 9.59 Å². The van der Waals surface area contributed by atoms with Crippen LogP contribution in [0.3, 0.4) is 0 Å². The Kier molecular flexibility index (Phi) is 5.60. The van der Waals surface area contributed by atoms with Crippen LogP contribution in [0.4, 0.5) is 5.69 Å². The lowest BCUT2D eigenvalue weighted by atomic mass is 9.70. The number of carbonyl (C=O) groups is 2. The van der Waals surface area contributed by atoms with Crippen LogP contribution in [0, 0.1) is 11.3 Å². The largest absolute Gasteiger partial charge is 0.339 e. The van der Waals surface area contributed by atoms with Crippen molar-refractivity contribution in [3.05, 3.63) is 54.5 Å². The van der Waals surface area contributed by atoms with Crippen LogP contribution < -0.4 is 4.90 Å². The number of nitrogens with one attached hydrogen (secondary N) is 1. The molecule has 1 N–H and O–H groups in total. The third-order valence-electron chi connectivity index (χ3n) is 9.52. The lowest BCUT2D eigenvalue weighted by molar-refractivity contribution is -0.146. The molecule has 0 bridgehead atoms. The molecule has 41 heavy (non-hydrogen) atoms. The highest BCUT2D eigenvalue weighted by Gasteiger charge is 2.56. The zero-order valence-electron chi connectivity index (χ0n) is 23.5. The van der Waals surface area contributed by atoms with Crippen LogP contribution in [0.2, 0.25) is 0 Å². The monoisotopic (exact) mass is 548 g/mol. The van der Waals surface area contributed by atoms with Gasteiger partial charge in [-0.25, -0.2) is 4.98 Å². The standard InChI is InChI=1S/C31H32N8O2/c1-20(40)38-18-30(19-38,9-12-32)39-13-10-31(11-14-39)26-23(37(3)29(31)41)16-33-28-25(26)24(21-7-5-4-6-8-21)27(35-28)22-15-34-36(2)17-22/h4-8,15-17H,9-11,13-14,18-19H2,1-3H3,(H,33,35). The summed E-state index contributed by atoms with van der Waals surface area (Å²) in [5.74, 6) is 0.131. The van der Waals surface area contributed by atoms with Crippen LogP contribution in [0.15, 0.2) is 48.9 Å². The molecule has 0 unspecified atom stereocenters. The fraction of sp³-hybridized carbons (Fsp3) is 0.387. The Bertz CT molecular complexity index is 1730. The van der Waals surface area contributed by atoms with E-state index in [1.807, 2.05) is 50.9 Å². The van der Waals surface area contributed by atoms with Crippen molar-refractivity contribution in [1.29, 1.82) is 5.26 Å². The van der Waals surface area contributed by atoms with Crippen molar-refractivity contribution in [1.82, 2.24) is 29.5 Å². The number of hydrogen-bond acceptors (Lipinski definition) is 6. The van der Waals surface area contributed by atoms with Gasteiger partial charge in [0.25, 0.3) is 0 Å². The molecule has 1 aromatic carbocycles. The molecular weight excluding hydrogens is 516 g/mol. The maximum Gasteiger partial charge on any atom is 0.237 e. The van der Waals surface area contributed by atoms with E-state index >= 15 is 0 Å². The van der Waals surface area contributed by atoms with Gasteiger partial charge in [0.1, 0.15) is 5.65 Å². The van der Waals surface area contributed by atoms with Crippen LogP contribution in [-0.4, -0.2) is 80.1 Å². The predicted octanol–water partition coefficient (Wildman–Crippen LogP) is 3.45. The van der Waals surface area contributed by atoms with Crippen molar-refractivity contribution in [2.24, 2.45) is 7.05 Å². The van der Waals surface area contributed by atoms with Gasteiger partial charge >= 0.3 is 0 Å². The van der Waals surface area contributed by atoms with E-state index in [4.69, 9.17) is 4.98 Å². The summed E-state index contributed by atoms with van der Waals surface area (Å²) in [6, 6.07) is 12.6. The number of nitriles is 1. The van der Waals surface area contributed by atoms with Crippen LogP contribution in [0.25, 0.3) is 33.4 Å². The average molecular weight is 549 g/mol. The average Bonchev–Trinajstić information content (AvgIpc) is 3.61. The predicted molar refractivity (Wildman–Crippen MR) is 155 cm³/mol. The number of likely N-dealkylation sites (N-methyl/N-ethyl adjacent to an activating group) is 1. The second kappa shape index (κ2) is 9.01. The number of benzene rings is 1. The molecular formula is C31H32N8O2. The topological polar surface area (TPSA) is 114 Å². The summed E-state index contributed by atoms with van der Waals surface area (Å²) in [4.78, 5) is 40.4. The molecule has 1 spiro atoms. The SMILES string of the molecule is CC(=O)N1CC(CC#N)(N2CCC3(CC2)C(=O)N(C)c2cnc4[nH]c(-c5cnn(C)c5)c(-c5ccccc5)c4c23)C1. The van der Waals surface area contributed by atoms with Crippen LogP contribution in [0.5, 0.6) is 0 Å².